The van der Waals surface area contributed by atoms with Crippen molar-refractivity contribution < 1.29 is 0 Å². The number of nitrogens with zero attached hydrogens (tertiary/aromatic N) is 4. The highest BCUT2D eigenvalue weighted by molar-refractivity contribution is 5.81. The van der Waals surface area contributed by atoms with E-state index in [-0.39, 0.29) is 0 Å². The van der Waals surface area contributed by atoms with Crippen molar-refractivity contribution in [1.82, 2.24) is 14.5 Å². The monoisotopic (exact) mass is 248 g/mol. The zero-order valence-corrected chi connectivity index (χ0v) is 10.5. The smallest absolute Gasteiger partial charge is 0.142 e. The molecule has 0 amide bonds. The van der Waals surface area contributed by atoms with Gasteiger partial charge in [0.05, 0.1) is 23.5 Å². The third-order valence-corrected chi connectivity index (χ3v) is 3.15. The van der Waals surface area contributed by atoms with Crippen LogP contribution >= 0.6 is 0 Å². The Labute approximate surface area is 111 Å². The summed E-state index contributed by atoms with van der Waals surface area (Å²) in [7, 11) is 1.98. The van der Waals surface area contributed by atoms with Crippen LogP contribution in [0.25, 0.3) is 22.4 Å². The van der Waals surface area contributed by atoms with Crippen molar-refractivity contribution in [3.63, 3.8) is 0 Å². The Morgan fingerprint density at radius 2 is 2.21 bits per heavy atom. The van der Waals surface area contributed by atoms with Gasteiger partial charge in [0.25, 0.3) is 0 Å². The summed E-state index contributed by atoms with van der Waals surface area (Å²) in [4.78, 5) is 8.75. The van der Waals surface area contributed by atoms with Crippen LogP contribution in [0.3, 0.4) is 0 Å². The number of nitriles is 1. The largest absolute Gasteiger partial charge is 0.327 e. The van der Waals surface area contributed by atoms with E-state index < -0.39 is 0 Å². The summed E-state index contributed by atoms with van der Waals surface area (Å²) in [5, 5.41) is 8.76. The van der Waals surface area contributed by atoms with Crippen LogP contribution < -0.4 is 0 Å². The van der Waals surface area contributed by atoms with E-state index in [9.17, 15) is 0 Å². The zero-order chi connectivity index (χ0) is 13.2. The molecule has 19 heavy (non-hydrogen) atoms. The van der Waals surface area contributed by atoms with Crippen LogP contribution in [-0.4, -0.2) is 14.5 Å². The Hall–Kier alpha value is -2.67. The third kappa shape index (κ3) is 1.95. The molecule has 3 aromatic rings. The first kappa shape index (κ1) is 11.4. The van der Waals surface area contributed by atoms with Gasteiger partial charge in [-0.1, -0.05) is 6.07 Å². The van der Waals surface area contributed by atoms with Gasteiger partial charge in [0.2, 0.25) is 0 Å². The number of aromatic nitrogens is 3. The minimum absolute atomic E-state index is 0.420. The van der Waals surface area contributed by atoms with Crippen molar-refractivity contribution in [2.75, 3.05) is 0 Å². The van der Waals surface area contributed by atoms with E-state index in [0.29, 0.717) is 6.42 Å². The Morgan fingerprint density at radius 1 is 1.32 bits per heavy atom. The highest BCUT2D eigenvalue weighted by Gasteiger charge is 2.10. The second kappa shape index (κ2) is 4.54. The van der Waals surface area contributed by atoms with Crippen molar-refractivity contribution >= 4 is 11.0 Å². The highest BCUT2D eigenvalue weighted by Crippen LogP contribution is 2.23. The molecule has 1 aromatic carbocycles. The standard InChI is InChI=1S/C15H12N4/c1-19-14-9-11(6-7-16)4-5-13(14)18-15(19)12-3-2-8-17-10-12/h2-5,8-10H,6H2,1H3. The molecule has 0 spiro atoms. The summed E-state index contributed by atoms with van der Waals surface area (Å²) in [6.07, 6.45) is 3.97. The molecule has 0 aliphatic heterocycles. The topological polar surface area (TPSA) is 54.5 Å². The lowest BCUT2D eigenvalue weighted by atomic mass is 10.1. The van der Waals surface area contributed by atoms with Gasteiger partial charge in [-0.2, -0.15) is 5.26 Å². The normalized spacial score (nSPS) is 10.5. The predicted molar refractivity (Wildman–Crippen MR) is 73.3 cm³/mol. The molecule has 0 saturated carbocycles. The first-order valence-corrected chi connectivity index (χ1v) is 6.02. The number of fused-ring (bicyclic) bond motifs is 1. The third-order valence-electron chi connectivity index (χ3n) is 3.15. The van der Waals surface area contributed by atoms with Gasteiger partial charge < -0.3 is 4.57 Å². The van der Waals surface area contributed by atoms with Crippen molar-refractivity contribution in [3.8, 4) is 17.5 Å². The Balaban J connectivity index is 2.19. The number of imidazole rings is 1. The SMILES string of the molecule is Cn1c(-c2cccnc2)nc2ccc(CC#N)cc21. The predicted octanol–water partition coefficient (Wildman–Crippen LogP) is 2.70. The maximum Gasteiger partial charge on any atom is 0.142 e. The van der Waals surface area contributed by atoms with Crippen LogP contribution in [0, 0.1) is 11.3 Å². The van der Waals surface area contributed by atoms with Gasteiger partial charge in [0, 0.05) is 25.0 Å². The van der Waals surface area contributed by atoms with Crippen LogP contribution in [0.5, 0.6) is 0 Å². The molecule has 3 rings (SSSR count). The first-order chi connectivity index (χ1) is 9.29. The second-order valence-electron chi connectivity index (χ2n) is 4.39. The van der Waals surface area contributed by atoms with E-state index in [1.165, 1.54) is 0 Å². The molecule has 0 radical (unpaired) electrons. The molecular formula is C15H12N4. The lowest BCUT2D eigenvalue weighted by Gasteiger charge is -2.02. The first-order valence-electron chi connectivity index (χ1n) is 6.02. The van der Waals surface area contributed by atoms with Gasteiger partial charge in [-0.25, -0.2) is 4.98 Å². The van der Waals surface area contributed by atoms with Crippen LogP contribution in [0.15, 0.2) is 42.7 Å². The molecule has 0 unspecified atom stereocenters. The molecule has 2 aromatic heterocycles. The molecule has 0 bridgehead atoms. The minimum Gasteiger partial charge on any atom is -0.327 e. The fourth-order valence-electron chi connectivity index (χ4n) is 2.19. The van der Waals surface area contributed by atoms with Gasteiger partial charge in [-0.3, -0.25) is 4.98 Å². The van der Waals surface area contributed by atoms with Crippen LogP contribution in [0.4, 0.5) is 0 Å². The molecule has 92 valence electrons. The molecule has 0 N–H and O–H groups in total. The molecule has 4 nitrogen and oxygen atoms in total. The molecule has 0 atom stereocenters. The maximum absolute atomic E-state index is 8.76. The van der Waals surface area contributed by atoms with E-state index in [0.717, 1.165) is 28.0 Å². The average Bonchev–Trinajstić information content (AvgIpc) is 2.78. The molecule has 0 fully saturated rings. The minimum atomic E-state index is 0.420. The summed E-state index contributed by atoms with van der Waals surface area (Å²) < 4.78 is 2.03. The Bertz CT molecular complexity index is 766. The summed E-state index contributed by atoms with van der Waals surface area (Å²) in [5.41, 5.74) is 3.97. The van der Waals surface area contributed by atoms with Gasteiger partial charge in [0.1, 0.15) is 5.82 Å². The van der Waals surface area contributed by atoms with E-state index in [1.54, 1.807) is 12.4 Å². The van der Waals surface area contributed by atoms with Gasteiger partial charge in [-0.05, 0) is 29.8 Å². The number of hydrogen-bond donors (Lipinski definition) is 0. The van der Waals surface area contributed by atoms with Gasteiger partial charge in [-0.15, -0.1) is 0 Å². The summed E-state index contributed by atoms with van der Waals surface area (Å²) in [6, 6.07) is 12.0. The molecule has 0 aliphatic carbocycles. The van der Waals surface area contributed by atoms with Crippen molar-refractivity contribution in [3.05, 3.63) is 48.3 Å². The number of benzene rings is 1. The highest BCUT2D eigenvalue weighted by atomic mass is 15.1. The van der Waals surface area contributed by atoms with E-state index >= 15 is 0 Å². The summed E-state index contributed by atoms with van der Waals surface area (Å²) in [6.45, 7) is 0. The molecule has 0 aliphatic rings. The molecule has 4 heteroatoms. The average molecular weight is 248 g/mol. The van der Waals surface area contributed by atoms with Crippen LogP contribution in [-0.2, 0) is 13.5 Å². The number of pyridine rings is 1. The van der Waals surface area contributed by atoms with Crippen molar-refractivity contribution in [2.45, 2.75) is 6.42 Å². The fourth-order valence-corrected chi connectivity index (χ4v) is 2.19. The van der Waals surface area contributed by atoms with Gasteiger partial charge in [0.15, 0.2) is 0 Å². The Morgan fingerprint density at radius 3 is 2.95 bits per heavy atom. The lowest BCUT2D eigenvalue weighted by Crippen LogP contribution is -1.93. The van der Waals surface area contributed by atoms with Crippen LogP contribution in [0.1, 0.15) is 5.56 Å². The van der Waals surface area contributed by atoms with E-state index in [4.69, 9.17) is 5.26 Å². The number of hydrogen-bond acceptors (Lipinski definition) is 3. The number of aryl methyl sites for hydroxylation is 1. The van der Waals surface area contributed by atoms with Crippen molar-refractivity contribution in [1.29, 1.82) is 5.26 Å². The molecule has 0 saturated heterocycles. The van der Waals surface area contributed by atoms with E-state index in [1.807, 2.05) is 41.9 Å². The van der Waals surface area contributed by atoms with E-state index in [2.05, 4.69) is 16.0 Å². The van der Waals surface area contributed by atoms with Gasteiger partial charge >= 0.3 is 0 Å². The molecular weight excluding hydrogens is 236 g/mol. The fraction of sp³-hybridized carbons (Fsp3) is 0.133. The van der Waals surface area contributed by atoms with Crippen LogP contribution in [0.2, 0.25) is 0 Å². The zero-order valence-electron chi connectivity index (χ0n) is 10.5. The molecule has 2 heterocycles. The van der Waals surface area contributed by atoms with Crippen molar-refractivity contribution in [2.24, 2.45) is 7.05 Å². The second-order valence-corrected chi connectivity index (χ2v) is 4.39. The summed E-state index contributed by atoms with van der Waals surface area (Å²) >= 11 is 0. The lowest BCUT2D eigenvalue weighted by molar-refractivity contribution is 0.956. The maximum atomic E-state index is 8.76. The quantitative estimate of drug-likeness (QED) is 0.700. The Kier molecular flexibility index (Phi) is 2.73. The number of rotatable bonds is 2. The summed E-state index contributed by atoms with van der Waals surface area (Å²) in [5.74, 6) is 0.886.